The average Bonchev–Trinajstić information content (AvgIpc) is 2.59. The molecule has 4 nitrogen and oxygen atoms in total. The van der Waals surface area contributed by atoms with Crippen molar-refractivity contribution in [3.63, 3.8) is 0 Å². The molecule has 1 fully saturated rings. The number of hydrogen-bond donors (Lipinski definition) is 2. The summed E-state index contributed by atoms with van der Waals surface area (Å²) in [5.74, 6) is -0.0611. The van der Waals surface area contributed by atoms with E-state index in [0.717, 1.165) is 24.3 Å². The fourth-order valence-electron chi connectivity index (χ4n) is 2.99. The Morgan fingerprint density at radius 1 is 1.00 bits per heavy atom. The molecule has 3 rings (SSSR count). The van der Waals surface area contributed by atoms with Crippen LogP contribution in [0.15, 0.2) is 42.5 Å². The Labute approximate surface area is 144 Å². The first-order chi connectivity index (χ1) is 11.5. The van der Waals surface area contributed by atoms with Gasteiger partial charge in [0.15, 0.2) is 0 Å². The second kappa shape index (κ2) is 7.05. The first kappa shape index (κ1) is 16.5. The second-order valence-electron chi connectivity index (χ2n) is 6.74. The Balaban J connectivity index is 1.65. The maximum atomic E-state index is 12.4. The summed E-state index contributed by atoms with van der Waals surface area (Å²) in [4.78, 5) is 16.4. The molecule has 126 valence electrons. The standard InChI is InChI=1S/C20H25N3O/c1-15-4-5-17(14-16(15)2)20(24)21-18-6-8-19(9-7-18)23-12-10-22(3)11-13-23/h4-9,14H,10-13H2,1-3H3,(H,21,24)/p+1. The lowest BCUT2D eigenvalue weighted by Gasteiger charge is -2.31. The van der Waals surface area contributed by atoms with Crippen molar-refractivity contribution in [3.8, 4) is 0 Å². The van der Waals surface area contributed by atoms with E-state index >= 15 is 0 Å². The number of anilines is 2. The van der Waals surface area contributed by atoms with Gasteiger partial charge in [-0.25, -0.2) is 0 Å². The second-order valence-corrected chi connectivity index (χ2v) is 6.74. The molecule has 0 radical (unpaired) electrons. The Bertz CT molecular complexity index is 716. The van der Waals surface area contributed by atoms with Crippen LogP contribution in [0, 0.1) is 13.8 Å². The molecular formula is C20H26N3O+. The van der Waals surface area contributed by atoms with Crippen molar-refractivity contribution in [2.75, 3.05) is 43.4 Å². The number of piperazine rings is 1. The molecule has 1 saturated heterocycles. The molecule has 2 N–H and O–H groups in total. The number of nitrogens with zero attached hydrogens (tertiary/aromatic N) is 1. The predicted molar refractivity (Wildman–Crippen MR) is 99.1 cm³/mol. The van der Waals surface area contributed by atoms with E-state index in [-0.39, 0.29) is 5.91 Å². The van der Waals surface area contributed by atoms with Crippen molar-refractivity contribution in [2.45, 2.75) is 13.8 Å². The monoisotopic (exact) mass is 324 g/mol. The van der Waals surface area contributed by atoms with Crippen molar-refractivity contribution >= 4 is 17.3 Å². The Morgan fingerprint density at radius 3 is 2.29 bits per heavy atom. The lowest BCUT2D eigenvalue weighted by molar-refractivity contribution is -0.880. The highest BCUT2D eigenvalue weighted by molar-refractivity contribution is 6.04. The molecule has 4 heteroatoms. The van der Waals surface area contributed by atoms with Crippen LogP contribution in [0.2, 0.25) is 0 Å². The van der Waals surface area contributed by atoms with Crippen LogP contribution in [-0.4, -0.2) is 39.1 Å². The number of amides is 1. The molecule has 0 spiro atoms. The molecule has 0 aromatic heterocycles. The summed E-state index contributed by atoms with van der Waals surface area (Å²) >= 11 is 0. The molecular weight excluding hydrogens is 298 g/mol. The number of nitrogens with one attached hydrogen (secondary N) is 2. The summed E-state index contributed by atoms with van der Waals surface area (Å²) < 4.78 is 0. The van der Waals surface area contributed by atoms with Gasteiger partial charge in [0, 0.05) is 16.9 Å². The molecule has 0 bridgehead atoms. The summed E-state index contributed by atoms with van der Waals surface area (Å²) in [6.45, 7) is 8.59. The minimum atomic E-state index is -0.0611. The largest absolute Gasteiger partial charge is 0.360 e. The third-order valence-electron chi connectivity index (χ3n) is 4.88. The summed E-state index contributed by atoms with van der Waals surface area (Å²) in [6.07, 6.45) is 0. The molecule has 0 atom stereocenters. The average molecular weight is 324 g/mol. The van der Waals surface area contributed by atoms with Gasteiger partial charge in [-0.3, -0.25) is 4.79 Å². The summed E-state index contributed by atoms with van der Waals surface area (Å²) in [7, 11) is 2.24. The van der Waals surface area contributed by atoms with E-state index in [9.17, 15) is 4.79 Å². The van der Waals surface area contributed by atoms with Crippen LogP contribution < -0.4 is 15.1 Å². The Hall–Kier alpha value is -2.33. The van der Waals surface area contributed by atoms with Crippen LogP contribution in [0.3, 0.4) is 0 Å². The number of hydrogen-bond acceptors (Lipinski definition) is 2. The molecule has 1 heterocycles. The molecule has 1 aliphatic rings. The van der Waals surface area contributed by atoms with E-state index in [4.69, 9.17) is 0 Å². The first-order valence-electron chi connectivity index (χ1n) is 8.58. The highest BCUT2D eigenvalue weighted by atomic mass is 16.1. The number of carbonyl (C=O) groups excluding carboxylic acids is 1. The van der Waals surface area contributed by atoms with E-state index in [0.29, 0.717) is 5.56 Å². The van der Waals surface area contributed by atoms with Gasteiger partial charge >= 0.3 is 0 Å². The van der Waals surface area contributed by atoms with Gasteiger partial charge in [-0.05, 0) is 61.4 Å². The molecule has 24 heavy (non-hydrogen) atoms. The van der Waals surface area contributed by atoms with Gasteiger partial charge in [0.1, 0.15) is 0 Å². The van der Waals surface area contributed by atoms with Crippen LogP contribution in [0.4, 0.5) is 11.4 Å². The molecule has 2 aromatic rings. The quantitative estimate of drug-likeness (QED) is 0.905. The van der Waals surface area contributed by atoms with Crippen molar-refractivity contribution < 1.29 is 9.69 Å². The smallest absolute Gasteiger partial charge is 0.255 e. The van der Waals surface area contributed by atoms with E-state index in [2.05, 4.69) is 36.3 Å². The third kappa shape index (κ3) is 3.77. The van der Waals surface area contributed by atoms with Crippen molar-refractivity contribution in [3.05, 3.63) is 59.2 Å². The molecule has 0 aliphatic carbocycles. The zero-order chi connectivity index (χ0) is 17.1. The van der Waals surface area contributed by atoms with E-state index < -0.39 is 0 Å². The van der Waals surface area contributed by atoms with Crippen LogP contribution in [0.25, 0.3) is 0 Å². The lowest BCUT2D eigenvalue weighted by Crippen LogP contribution is -3.12. The zero-order valence-corrected chi connectivity index (χ0v) is 14.7. The van der Waals surface area contributed by atoms with Gasteiger partial charge < -0.3 is 15.1 Å². The normalized spacial score (nSPS) is 15.4. The minimum Gasteiger partial charge on any atom is -0.360 e. The van der Waals surface area contributed by atoms with Crippen molar-refractivity contribution in [1.82, 2.24) is 0 Å². The highest BCUT2D eigenvalue weighted by Gasteiger charge is 2.16. The third-order valence-corrected chi connectivity index (χ3v) is 4.88. The van der Waals surface area contributed by atoms with E-state index in [1.165, 1.54) is 24.3 Å². The Morgan fingerprint density at radius 2 is 1.67 bits per heavy atom. The minimum absolute atomic E-state index is 0.0611. The van der Waals surface area contributed by atoms with E-state index in [1.54, 1.807) is 4.90 Å². The summed E-state index contributed by atoms with van der Waals surface area (Å²) in [6, 6.07) is 14.0. The number of quaternary nitrogens is 1. The van der Waals surface area contributed by atoms with Gasteiger partial charge in [0.05, 0.1) is 33.2 Å². The summed E-state index contributed by atoms with van der Waals surface area (Å²) in [5.41, 5.74) is 5.10. The maximum Gasteiger partial charge on any atom is 0.255 e. The number of carbonyl (C=O) groups is 1. The molecule has 0 saturated carbocycles. The molecule has 1 aliphatic heterocycles. The SMILES string of the molecule is Cc1ccc(C(=O)Nc2ccc(N3CC[NH+](C)CC3)cc2)cc1C. The highest BCUT2D eigenvalue weighted by Crippen LogP contribution is 2.19. The van der Waals surface area contributed by atoms with Crippen LogP contribution >= 0.6 is 0 Å². The fraction of sp³-hybridized carbons (Fsp3) is 0.350. The van der Waals surface area contributed by atoms with Crippen molar-refractivity contribution in [1.29, 1.82) is 0 Å². The zero-order valence-electron chi connectivity index (χ0n) is 14.7. The number of rotatable bonds is 3. The maximum absolute atomic E-state index is 12.4. The predicted octanol–water partition coefficient (Wildman–Crippen LogP) is 1.89. The fourth-order valence-corrected chi connectivity index (χ4v) is 2.99. The van der Waals surface area contributed by atoms with Crippen molar-refractivity contribution in [2.24, 2.45) is 0 Å². The van der Waals surface area contributed by atoms with Gasteiger partial charge in [-0.15, -0.1) is 0 Å². The first-order valence-corrected chi connectivity index (χ1v) is 8.58. The number of aryl methyl sites for hydroxylation is 2. The summed E-state index contributed by atoms with van der Waals surface area (Å²) in [5, 5.41) is 2.98. The van der Waals surface area contributed by atoms with Gasteiger partial charge in [0.25, 0.3) is 5.91 Å². The molecule has 0 unspecified atom stereocenters. The molecule has 2 aromatic carbocycles. The number of likely N-dealkylation sites (N-methyl/N-ethyl adjacent to an activating group) is 1. The topological polar surface area (TPSA) is 36.8 Å². The van der Waals surface area contributed by atoms with E-state index in [1.807, 2.05) is 37.3 Å². The van der Waals surface area contributed by atoms with Crippen LogP contribution in [-0.2, 0) is 0 Å². The Kier molecular flexibility index (Phi) is 4.86. The van der Waals surface area contributed by atoms with Gasteiger partial charge in [-0.2, -0.15) is 0 Å². The molecule has 1 amide bonds. The van der Waals surface area contributed by atoms with Gasteiger partial charge in [-0.1, -0.05) is 6.07 Å². The van der Waals surface area contributed by atoms with Gasteiger partial charge in [0.2, 0.25) is 0 Å². The number of benzene rings is 2. The van der Waals surface area contributed by atoms with Crippen LogP contribution in [0.1, 0.15) is 21.5 Å². The lowest BCUT2D eigenvalue weighted by atomic mass is 10.1. The van der Waals surface area contributed by atoms with Crippen LogP contribution in [0.5, 0.6) is 0 Å².